The van der Waals surface area contributed by atoms with Crippen molar-refractivity contribution < 1.29 is 5.11 Å². The molecule has 0 spiro atoms. The maximum absolute atomic E-state index is 9.69. The van der Waals surface area contributed by atoms with Gasteiger partial charge in [-0.1, -0.05) is 50.0 Å². The Morgan fingerprint density at radius 3 is 2.33 bits per heavy atom. The Kier molecular flexibility index (Phi) is 4.50. The minimum Gasteiger partial charge on any atom is -0.506 e. The molecule has 3 rings (SSSR count). The van der Waals surface area contributed by atoms with E-state index in [1.165, 1.54) is 0 Å². The summed E-state index contributed by atoms with van der Waals surface area (Å²) < 4.78 is 0. The first-order valence-electron chi connectivity index (χ1n) is 7.87. The maximum atomic E-state index is 9.69. The molecule has 3 nitrogen and oxygen atoms in total. The Morgan fingerprint density at radius 1 is 1.08 bits per heavy atom. The van der Waals surface area contributed by atoms with Crippen LogP contribution in [0.3, 0.4) is 0 Å². The van der Waals surface area contributed by atoms with Crippen LogP contribution in [-0.2, 0) is 0 Å². The van der Waals surface area contributed by atoms with Crippen LogP contribution in [0.15, 0.2) is 47.6 Å². The van der Waals surface area contributed by atoms with Gasteiger partial charge >= 0.3 is 0 Å². The second-order valence-electron chi connectivity index (χ2n) is 7.05. The van der Waals surface area contributed by atoms with Gasteiger partial charge in [0.1, 0.15) is 5.75 Å². The topological polar surface area (TPSA) is 35.8 Å². The van der Waals surface area contributed by atoms with E-state index in [9.17, 15) is 5.11 Å². The fourth-order valence-corrected chi connectivity index (χ4v) is 3.10. The summed E-state index contributed by atoms with van der Waals surface area (Å²) in [5.41, 5.74) is 3.12. The predicted octanol–water partition coefficient (Wildman–Crippen LogP) is 6.05. The molecule has 1 atom stereocenters. The largest absolute Gasteiger partial charge is 0.506 e. The van der Waals surface area contributed by atoms with Crippen LogP contribution in [0.5, 0.6) is 5.75 Å². The molecule has 1 N–H and O–H groups in total. The first-order chi connectivity index (χ1) is 11.3. The molecular formula is C19H20Cl2N2O. The van der Waals surface area contributed by atoms with Gasteiger partial charge in [-0.15, -0.1) is 0 Å². The Balaban J connectivity index is 2.03. The zero-order valence-corrected chi connectivity index (χ0v) is 15.4. The van der Waals surface area contributed by atoms with E-state index in [2.05, 4.69) is 20.8 Å². The van der Waals surface area contributed by atoms with Crippen molar-refractivity contribution in [2.45, 2.75) is 33.2 Å². The minimum atomic E-state index is -0.0138. The average Bonchev–Trinajstić information content (AvgIpc) is 2.96. The zero-order chi connectivity index (χ0) is 17.5. The number of hydrazone groups is 1. The van der Waals surface area contributed by atoms with Gasteiger partial charge < -0.3 is 5.11 Å². The smallest absolute Gasteiger partial charge is 0.134 e. The molecule has 0 radical (unpaired) electrons. The van der Waals surface area contributed by atoms with Crippen molar-refractivity contribution in [2.24, 2.45) is 10.5 Å². The third kappa shape index (κ3) is 3.38. The molecule has 2 aromatic rings. The van der Waals surface area contributed by atoms with Crippen LogP contribution in [0.1, 0.15) is 38.8 Å². The molecule has 0 saturated carbocycles. The summed E-state index contributed by atoms with van der Waals surface area (Å²) in [4.78, 5) is 0. The molecule has 0 aromatic heterocycles. The number of anilines is 1. The Hall–Kier alpha value is -1.71. The van der Waals surface area contributed by atoms with Crippen molar-refractivity contribution in [1.82, 2.24) is 0 Å². The van der Waals surface area contributed by atoms with E-state index in [1.54, 1.807) is 6.07 Å². The van der Waals surface area contributed by atoms with Crippen molar-refractivity contribution >= 4 is 34.6 Å². The summed E-state index contributed by atoms with van der Waals surface area (Å²) in [6, 6.07) is 13.0. The van der Waals surface area contributed by atoms with Gasteiger partial charge in [-0.05, 0) is 42.0 Å². The SMILES string of the molecule is CC(C)(C)C1=NN(c2ccc(Cl)cc2)C(c2ccc(O)c(Cl)c2)C1. The van der Waals surface area contributed by atoms with E-state index in [0.29, 0.717) is 10.0 Å². The zero-order valence-electron chi connectivity index (χ0n) is 13.9. The quantitative estimate of drug-likeness (QED) is 0.705. The molecule has 24 heavy (non-hydrogen) atoms. The summed E-state index contributed by atoms with van der Waals surface area (Å²) in [7, 11) is 0. The molecule has 0 aliphatic carbocycles. The highest BCUT2D eigenvalue weighted by molar-refractivity contribution is 6.32. The lowest BCUT2D eigenvalue weighted by molar-refractivity contribution is 0.475. The third-order valence-corrected chi connectivity index (χ3v) is 4.78. The summed E-state index contributed by atoms with van der Waals surface area (Å²) in [5.74, 6) is 0.0911. The number of phenols is 1. The lowest BCUT2D eigenvalue weighted by Crippen LogP contribution is -2.19. The molecule has 0 amide bonds. The first kappa shape index (κ1) is 17.1. The van der Waals surface area contributed by atoms with Gasteiger partial charge in [0.25, 0.3) is 0 Å². The second kappa shape index (κ2) is 6.30. The van der Waals surface area contributed by atoms with Crippen molar-refractivity contribution in [3.8, 4) is 5.75 Å². The van der Waals surface area contributed by atoms with Gasteiger partial charge in [-0.3, -0.25) is 5.01 Å². The highest BCUT2D eigenvalue weighted by Crippen LogP contribution is 2.41. The number of nitrogens with zero attached hydrogens (tertiary/aromatic N) is 2. The summed E-state index contributed by atoms with van der Waals surface area (Å²) >= 11 is 12.1. The van der Waals surface area contributed by atoms with Crippen LogP contribution in [0.2, 0.25) is 10.0 Å². The lowest BCUT2D eigenvalue weighted by Gasteiger charge is -2.24. The second-order valence-corrected chi connectivity index (χ2v) is 7.89. The van der Waals surface area contributed by atoms with Crippen LogP contribution in [-0.4, -0.2) is 10.8 Å². The van der Waals surface area contributed by atoms with Gasteiger partial charge in [-0.25, -0.2) is 0 Å². The number of benzene rings is 2. The van der Waals surface area contributed by atoms with Gasteiger partial charge in [0.05, 0.1) is 16.8 Å². The number of hydrogen-bond donors (Lipinski definition) is 1. The van der Waals surface area contributed by atoms with E-state index in [4.69, 9.17) is 28.3 Å². The van der Waals surface area contributed by atoms with Gasteiger partial charge in [-0.2, -0.15) is 5.10 Å². The standard InChI is InChI=1S/C19H20Cl2N2O/c1-19(2,3)18-11-16(12-4-9-17(24)15(21)10-12)23(22-18)14-7-5-13(20)6-8-14/h4-10,16,24H,11H2,1-3H3. The van der Waals surface area contributed by atoms with Crippen LogP contribution in [0.25, 0.3) is 0 Å². The summed E-state index contributed by atoms with van der Waals surface area (Å²) in [5, 5.41) is 17.6. The molecule has 1 heterocycles. The Bertz CT molecular complexity index is 779. The van der Waals surface area contributed by atoms with Gasteiger partial charge in [0.2, 0.25) is 0 Å². The number of aromatic hydroxyl groups is 1. The summed E-state index contributed by atoms with van der Waals surface area (Å²) in [6.45, 7) is 6.49. The Morgan fingerprint density at radius 2 is 1.75 bits per heavy atom. The Labute approximate surface area is 152 Å². The molecule has 126 valence electrons. The fourth-order valence-electron chi connectivity index (χ4n) is 2.79. The van der Waals surface area contributed by atoms with E-state index >= 15 is 0 Å². The maximum Gasteiger partial charge on any atom is 0.134 e. The number of halogens is 2. The highest BCUT2D eigenvalue weighted by Gasteiger charge is 2.34. The number of rotatable bonds is 2. The van der Waals surface area contributed by atoms with Crippen LogP contribution in [0.4, 0.5) is 5.69 Å². The molecule has 1 aliphatic heterocycles. The molecule has 0 fully saturated rings. The number of phenolic OH excluding ortho intramolecular Hbond substituents is 1. The first-order valence-corrected chi connectivity index (χ1v) is 8.62. The van der Waals surface area contributed by atoms with Crippen molar-refractivity contribution in [3.05, 3.63) is 58.1 Å². The molecule has 0 bridgehead atoms. The minimum absolute atomic E-state index is 0.0138. The summed E-state index contributed by atoms with van der Waals surface area (Å²) in [6.07, 6.45) is 0.813. The van der Waals surface area contributed by atoms with Gasteiger partial charge in [0.15, 0.2) is 0 Å². The van der Waals surface area contributed by atoms with Crippen LogP contribution < -0.4 is 5.01 Å². The molecule has 2 aromatic carbocycles. The predicted molar refractivity (Wildman–Crippen MR) is 101 cm³/mol. The highest BCUT2D eigenvalue weighted by atomic mass is 35.5. The van der Waals surface area contributed by atoms with Crippen LogP contribution in [0, 0.1) is 5.41 Å². The van der Waals surface area contributed by atoms with E-state index in [0.717, 1.165) is 23.4 Å². The van der Waals surface area contributed by atoms with E-state index in [-0.39, 0.29) is 17.2 Å². The van der Waals surface area contributed by atoms with Crippen molar-refractivity contribution in [2.75, 3.05) is 5.01 Å². The third-order valence-electron chi connectivity index (χ3n) is 4.22. The molecule has 1 aliphatic rings. The normalized spacial score (nSPS) is 18.0. The van der Waals surface area contributed by atoms with Crippen molar-refractivity contribution in [1.29, 1.82) is 0 Å². The van der Waals surface area contributed by atoms with Crippen LogP contribution >= 0.6 is 23.2 Å². The van der Waals surface area contributed by atoms with Crippen molar-refractivity contribution in [3.63, 3.8) is 0 Å². The molecular weight excluding hydrogens is 343 g/mol. The molecule has 1 unspecified atom stereocenters. The lowest BCUT2D eigenvalue weighted by atomic mass is 9.86. The van der Waals surface area contributed by atoms with Gasteiger partial charge in [0, 0.05) is 22.6 Å². The molecule has 0 saturated heterocycles. The van der Waals surface area contributed by atoms with E-state index in [1.807, 2.05) is 41.4 Å². The van der Waals surface area contributed by atoms with E-state index < -0.39 is 0 Å². The fraction of sp³-hybridized carbons (Fsp3) is 0.316. The monoisotopic (exact) mass is 362 g/mol. The number of hydrogen-bond acceptors (Lipinski definition) is 3. The molecule has 5 heteroatoms. The average molecular weight is 363 g/mol.